The molecule has 2 unspecified atom stereocenters. The number of aliphatic hydroxyl groups is 4. The Morgan fingerprint density at radius 1 is 1.26 bits per heavy atom. The summed E-state index contributed by atoms with van der Waals surface area (Å²) in [7, 11) is 0. The molecular weight excluding hydrogens is 371 g/mol. The molecule has 152 valence electrons. The van der Waals surface area contributed by atoms with Gasteiger partial charge >= 0.3 is 5.69 Å². The molecule has 27 heavy (non-hydrogen) atoms. The predicted molar refractivity (Wildman–Crippen MR) is 84.4 cm³/mol. The van der Waals surface area contributed by atoms with Gasteiger partial charge in [0.2, 0.25) is 0 Å². The van der Waals surface area contributed by atoms with Crippen molar-refractivity contribution in [2.24, 2.45) is 0 Å². The standard InChI is InChI=1S/C15H21FN2O9/c1-5(19)12-10(22)8(16)14(27-12)25-4-6-9(21)11(23)13(26-6)18-3-2-7(20)17-15(18)24/h2-3,5-6,8-14,19,21-23H,4H2,1H3,(H,17,20,24)/t5?,6-,8+,9-,10+,11-,12-,13-,14?/m1/s1. The molecule has 3 heterocycles. The molecule has 0 radical (unpaired) electrons. The van der Waals surface area contributed by atoms with E-state index in [1.165, 1.54) is 6.92 Å². The third-order valence-electron chi connectivity index (χ3n) is 4.58. The lowest BCUT2D eigenvalue weighted by atomic mass is 10.1. The van der Waals surface area contributed by atoms with E-state index in [0.29, 0.717) is 0 Å². The largest absolute Gasteiger partial charge is 0.391 e. The number of hydrogen-bond acceptors (Lipinski definition) is 9. The van der Waals surface area contributed by atoms with Gasteiger partial charge in [-0.05, 0) is 6.92 Å². The van der Waals surface area contributed by atoms with Crippen LogP contribution in [0.3, 0.4) is 0 Å². The molecule has 2 saturated heterocycles. The first kappa shape index (κ1) is 20.1. The molecule has 3 rings (SSSR count). The average molecular weight is 392 g/mol. The van der Waals surface area contributed by atoms with Crippen LogP contribution in [-0.2, 0) is 14.2 Å². The molecule has 1 aromatic rings. The Morgan fingerprint density at radius 2 is 1.96 bits per heavy atom. The lowest BCUT2D eigenvalue weighted by molar-refractivity contribution is -0.188. The highest BCUT2D eigenvalue weighted by Crippen LogP contribution is 2.31. The highest BCUT2D eigenvalue weighted by atomic mass is 19.1. The van der Waals surface area contributed by atoms with Gasteiger partial charge in [0.1, 0.15) is 30.5 Å². The van der Waals surface area contributed by atoms with Gasteiger partial charge in [-0.3, -0.25) is 14.3 Å². The number of rotatable bonds is 5. The van der Waals surface area contributed by atoms with Gasteiger partial charge in [0.15, 0.2) is 18.7 Å². The van der Waals surface area contributed by atoms with Crippen LogP contribution in [0.5, 0.6) is 0 Å². The van der Waals surface area contributed by atoms with Crippen molar-refractivity contribution >= 4 is 0 Å². The molecule has 0 amide bonds. The number of aromatic amines is 1. The van der Waals surface area contributed by atoms with Gasteiger partial charge in [-0.25, -0.2) is 9.18 Å². The van der Waals surface area contributed by atoms with Crippen molar-refractivity contribution in [2.45, 2.75) is 62.2 Å². The summed E-state index contributed by atoms with van der Waals surface area (Å²) >= 11 is 0. The Hall–Kier alpha value is -1.67. The number of hydrogen-bond donors (Lipinski definition) is 5. The van der Waals surface area contributed by atoms with Crippen LogP contribution in [0.1, 0.15) is 13.2 Å². The van der Waals surface area contributed by atoms with E-state index < -0.39 is 73.2 Å². The Bertz CT molecular complexity index is 768. The summed E-state index contributed by atoms with van der Waals surface area (Å²) in [5.41, 5.74) is -1.48. The fourth-order valence-electron chi connectivity index (χ4n) is 3.10. The van der Waals surface area contributed by atoms with Gasteiger partial charge in [-0.2, -0.15) is 0 Å². The molecule has 12 heteroatoms. The quantitative estimate of drug-likeness (QED) is 0.351. The zero-order valence-corrected chi connectivity index (χ0v) is 14.2. The number of ether oxygens (including phenoxy) is 3. The van der Waals surface area contributed by atoms with Crippen LogP contribution in [0.4, 0.5) is 4.39 Å². The lowest BCUT2D eigenvalue weighted by Crippen LogP contribution is -2.38. The summed E-state index contributed by atoms with van der Waals surface area (Å²) in [6.45, 7) is 0.910. The molecule has 9 atom stereocenters. The first-order valence-corrected chi connectivity index (χ1v) is 8.31. The molecule has 11 nitrogen and oxygen atoms in total. The van der Waals surface area contributed by atoms with Crippen molar-refractivity contribution in [3.63, 3.8) is 0 Å². The summed E-state index contributed by atoms with van der Waals surface area (Å²) < 4.78 is 30.7. The second kappa shape index (κ2) is 7.75. The van der Waals surface area contributed by atoms with Crippen molar-refractivity contribution < 1.29 is 39.0 Å². The van der Waals surface area contributed by atoms with Crippen molar-refractivity contribution in [1.82, 2.24) is 9.55 Å². The number of nitrogens with zero attached hydrogens (tertiary/aromatic N) is 1. The fourth-order valence-corrected chi connectivity index (χ4v) is 3.10. The molecule has 0 aliphatic carbocycles. The molecule has 0 bridgehead atoms. The Labute approximate surface area is 151 Å². The van der Waals surface area contributed by atoms with E-state index in [1.54, 1.807) is 0 Å². The molecule has 0 spiro atoms. The maximum absolute atomic E-state index is 14.0. The number of nitrogens with one attached hydrogen (secondary N) is 1. The SMILES string of the molecule is CC(O)[C@H]1OC(OC[C@H]2O[C@@H](n3ccc(=O)[nH]c3=O)[C@H](O)[C@@H]2O)[C@@H](F)[C@@H]1O. The second-order valence-corrected chi connectivity index (χ2v) is 6.54. The van der Waals surface area contributed by atoms with Crippen LogP contribution in [0, 0.1) is 0 Å². The Morgan fingerprint density at radius 3 is 2.56 bits per heavy atom. The third kappa shape index (κ3) is 3.82. The van der Waals surface area contributed by atoms with Crippen LogP contribution in [0.2, 0.25) is 0 Å². The van der Waals surface area contributed by atoms with Gasteiger partial charge in [-0.1, -0.05) is 0 Å². The summed E-state index contributed by atoms with van der Waals surface area (Å²) in [4.78, 5) is 24.9. The van der Waals surface area contributed by atoms with Gasteiger partial charge < -0.3 is 34.6 Å². The van der Waals surface area contributed by atoms with E-state index in [9.17, 15) is 34.4 Å². The Balaban J connectivity index is 1.65. The lowest BCUT2D eigenvalue weighted by Gasteiger charge is -2.19. The van der Waals surface area contributed by atoms with Gasteiger partial charge in [0.25, 0.3) is 5.56 Å². The predicted octanol–water partition coefficient (Wildman–Crippen LogP) is -3.02. The van der Waals surface area contributed by atoms with E-state index in [4.69, 9.17) is 14.2 Å². The maximum Gasteiger partial charge on any atom is 0.330 e. The molecule has 2 fully saturated rings. The van der Waals surface area contributed by atoms with Crippen molar-refractivity contribution in [3.8, 4) is 0 Å². The molecule has 5 N–H and O–H groups in total. The highest BCUT2D eigenvalue weighted by Gasteiger charge is 2.49. The number of alkyl halides is 1. The molecule has 2 aliphatic rings. The first-order valence-electron chi connectivity index (χ1n) is 8.31. The molecule has 0 aromatic carbocycles. The topological polar surface area (TPSA) is 163 Å². The number of aromatic nitrogens is 2. The van der Waals surface area contributed by atoms with Crippen molar-refractivity contribution in [2.75, 3.05) is 6.61 Å². The molecule has 0 saturated carbocycles. The molecule has 2 aliphatic heterocycles. The number of aliphatic hydroxyl groups excluding tert-OH is 4. The summed E-state index contributed by atoms with van der Waals surface area (Å²) in [5, 5.41) is 39.4. The van der Waals surface area contributed by atoms with Crippen LogP contribution in [-0.4, -0.2) is 85.7 Å². The Kier molecular flexibility index (Phi) is 5.76. The first-order chi connectivity index (χ1) is 12.7. The summed E-state index contributed by atoms with van der Waals surface area (Å²) in [6, 6.07) is 1.05. The minimum absolute atomic E-state index is 0.419. The smallest absolute Gasteiger partial charge is 0.330 e. The van der Waals surface area contributed by atoms with Crippen molar-refractivity contribution in [3.05, 3.63) is 33.1 Å². The normalized spacial score (nSPS) is 40.4. The number of H-pyrrole nitrogens is 1. The van der Waals surface area contributed by atoms with Crippen molar-refractivity contribution in [1.29, 1.82) is 0 Å². The fraction of sp³-hybridized carbons (Fsp3) is 0.733. The molecule has 1 aromatic heterocycles. The van der Waals surface area contributed by atoms with Gasteiger partial charge in [-0.15, -0.1) is 0 Å². The van der Waals surface area contributed by atoms with Crippen LogP contribution < -0.4 is 11.2 Å². The second-order valence-electron chi connectivity index (χ2n) is 6.54. The zero-order chi connectivity index (χ0) is 19.9. The summed E-state index contributed by atoms with van der Waals surface area (Å²) in [6.07, 6.45) is -11.6. The van der Waals surface area contributed by atoms with Crippen LogP contribution in [0.25, 0.3) is 0 Å². The van der Waals surface area contributed by atoms with E-state index in [-0.39, 0.29) is 0 Å². The monoisotopic (exact) mass is 392 g/mol. The minimum Gasteiger partial charge on any atom is -0.391 e. The van der Waals surface area contributed by atoms with Crippen LogP contribution in [0.15, 0.2) is 21.9 Å². The maximum atomic E-state index is 14.0. The minimum atomic E-state index is -1.93. The van der Waals surface area contributed by atoms with Gasteiger partial charge in [0.05, 0.1) is 12.7 Å². The van der Waals surface area contributed by atoms with Gasteiger partial charge in [0, 0.05) is 12.3 Å². The van der Waals surface area contributed by atoms with E-state index >= 15 is 0 Å². The highest BCUT2D eigenvalue weighted by molar-refractivity contribution is 4.94. The van der Waals surface area contributed by atoms with E-state index in [2.05, 4.69) is 0 Å². The third-order valence-corrected chi connectivity index (χ3v) is 4.58. The van der Waals surface area contributed by atoms with E-state index in [1.807, 2.05) is 4.98 Å². The van der Waals surface area contributed by atoms with E-state index in [0.717, 1.165) is 16.8 Å². The van der Waals surface area contributed by atoms with Crippen LogP contribution >= 0.6 is 0 Å². The summed E-state index contributed by atoms with van der Waals surface area (Å²) in [5.74, 6) is 0. The number of halogens is 1. The average Bonchev–Trinajstić information content (AvgIpc) is 3.05. The molecular formula is C15H21FN2O9. The zero-order valence-electron chi connectivity index (χ0n) is 14.2.